The van der Waals surface area contributed by atoms with Crippen molar-refractivity contribution >= 4 is 161 Å². The average molecular weight is 1170 g/mol. The van der Waals surface area contributed by atoms with Gasteiger partial charge in [-0.05, 0) is 51.4 Å². The number of thiazole rings is 1. The van der Waals surface area contributed by atoms with Gasteiger partial charge < -0.3 is 18.0 Å². The van der Waals surface area contributed by atoms with E-state index < -0.39 is 7.32 Å². The average Bonchev–Trinajstić information content (AvgIpc) is 3.35. The second kappa shape index (κ2) is 35.9. The van der Waals surface area contributed by atoms with Gasteiger partial charge in [0.25, 0.3) is 0 Å². The molecule has 8 nitrogen and oxygen atoms in total. The molecule has 0 aromatic carbocycles. The van der Waals surface area contributed by atoms with Gasteiger partial charge in [0.05, 0.1) is 16.1 Å². The number of fused-ring (bicyclic) bond motifs is 1. The molecule has 0 spiro atoms. The summed E-state index contributed by atoms with van der Waals surface area (Å²) in [5, 5.41) is 11.4. The molecule has 1 heterocycles. The summed E-state index contributed by atoms with van der Waals surface area (Å²) in [7, 11) is -1.39. The number of Topliss-reactive ketones (excluding diaryl/α,β-unsaturated/α-hetero) is 1. The molecule has 0 amide bonds. The molecule has 248 valence electrons. The van der Waals surface area contributed by atoms with E-state index in [1.165, 1.54) is 42.7 Å². The zero-order chi connectivity index (χ0) is 33.7. The van der Waals surface area contributed by atoms with Crippen LogP contribution in [-0.2, 0) is 34.2 Å². The number of nitrogens with one attached hydrogen (secondary N) is 1. The predicted molar refractivity (Wildman–Crippen MR) is 220 cm³/mol. The Labute approximate surface area is 331 Å². The topological polar surface area (TPSA) is 135 Å². The van der Waals surface area contributed by atoms with Crippen molar-refractivity contribution in [1.82, 2.24) is 4.98 Å². The van der Waals surface area contributed by atoms with Crippen molar-refractivity contribution in [3.05, 3.63) is 17.5 Å². The first-order chi connectivity index (χ1) is 19.4. The van der Waals surface area contributed by atoms with Crippen molar-refractivity contribution in [2.75, 3.05) is 12.4 Å². The number of alkyl halides is 2. The molecule has 0 saturated heterocycles. The number of rotatable bonds is 4. The Morgan fingerprint density at radius 2 is 1.69 bits per heavy atom. The van der Waals surface area contributed by atoms with E-state index >= 15 is 0 Å². The molecular formula is C24H46ClI4MgN3O5S3V-. The van der Waals surface area contributed by atoms with E-state index in [0.29, 0.717) is 31.2 Å². The molecule has 0 aliphatic heterocycles. The third-order valence-electron chi connectivity index (χ3n) is 4.57. The van der Waals surface area contributed by atoms with Gasteiger partial charge in [-0.3, -0.25) is 4.79 Å². The number of halogens is 5. The second-order valence-corrected chi connectivity index (χ2v) is 51.5. The summed E-state index contributed by atoms with van der Waals surface area (Å²) in [5.41, 5.74) is 6.36. The molecule has 5 N–H and O–H groups in total. The molecule has 1 aromatic heterocycles. The molecule has 1 fully saturated rings. The van der Waals surface area contributed by atoms with Crippen LogP contribution in [0, 0.1) is 6.92 Å². The number of thiocarbonyl (C=S) groups is 1. The molecule has 0 radical (unpaired) electrons. The van der Waals surface area contributed by atoms with Gasteiger partial charge in [0.1, 0.15) is 0 Å². The maximum absolute atomic E-state index is 10.7. The summed E-state index contributed by atoms with van der Waals surface area (Å²) in [5.74, 6) is 0.234. The van der Waals surface area contributed by atoms with Crippen LogP contribution in [-0.4, -0.2) is 65.9 Å². The quantitative estimate of drug-likeness (QED) is 0.0442. The van der Waals surface area contributed by atoms with Crippen molar-refractivity contribution in [2.45, 2.75) is 108 Å². The number of hydrogen-bond donors (Lipinski definition) is 4. The fraction of sp³-hybridized carbons (Fsp3) is 0.750. The van der Waals surface area contributed by atoms with Crippen molar-refractivity contribution in [3.63, 3.8) is 0 Å². The van der Waals surface area contributed by atoms with Crippen LogP contribution in [0.15, 0.2) is 0 Å². The van der Waals surface area contributed by atoms with E-state index in [0.717, 1.165) is 41.2 Å². The molecule has 3 atom stereocenters. The molecule has 18 heteroatoms. The normalized spacial score (nSPS) is 16.9. The van der Waals surface area contributed by atoms with Crippen LogP contribution in [0.2, 0.25) is 0 Å². The Morgan fingerprint density at radius 3 is 1.95 bits per heavy atom. The third kappa shape index (κ3) is 43.6. The maximum atomic E-state index is 10.7. The number of aromatic nitrogens is 1. The second-order valence-electron chi connectivity index (χ2n) is 8.38. The standard InChI is InChI=1S/C8H12N2S.C6H9ClO.C4H9I.C3H7NS.C3H7.3HI.Mg.H2O4S.V/c1-9-8-10-6-4-2-3-5-7(6)11-8;7-5-3-1-2-4-6(5)8;1-3-4(2)5;1-2-3(4)5;1-3-2;;;;;1-4-5(2)3;/h2-5H2,1H3,(H,9,10);5H,1-4H2;4H,3H2,1-2H3;2H2,1H3,(H2,4,5);1,3H2,2H3;3*1H;;1H,(H,2,3);/q;;;;-1;;;;;;+3/p-3. The van der Waals surface area contributed by atoms with Gasteiger partial charge in [0, 0.05) is 22.3 Å². The van der Waals surface area contributed by atoms with Gasteiger partial charge in [0.15, 0.2) is 10.9 Å². The molecule has 3 unspecified atom stereocenters. The summed E-state index contributed by atoms with van der Waals surface area (Å²) in [4.78, 5) is 16.9. The SMILES string of the molecule is CCC(C)I.CCC(N)=S.CNc1nc2c(s1)CCCC2.O=C1CCCCC1Cl.O=[S](O)(=[Mg])OO.[CH2-]CC.[I][V]([I])[I]. The van der Waals surface area contributed by atoms with Crippen LogP contribution >= 0.6 is 118 Å². The zero-order valence-electron chi connectivity index (χ0n) is 25.1. The first kappa shape index (κ1) is 52.4. The van der Waals surface area contributed by atoms with E-state index in [4.69, 9.17) is 27.1 Å². The number of hydrogen-bond acceptors (Lipinski definition) is 8. The summed E-state index contributed by atoms with van der Waals surface area (Å²) in [6, 6.07) is 0. The molecule has 3 rings (SSSR count). The van der Waals surface area contributed by atoms with Crippen LogP contribution in [0.1, 0.15) is 96.1 Å². The minimum absolute atomic E-state index is 0.163. The van der Waals surface area contributed by atoms with Gasteiger partial charge in [-0.25, -0.2) is 4.98 Å². The fourth-order valence-corrected chi connectivity index (χ4v) is 3.67. The molecular weight excluding hydrogens is 1120 g/mol. The van der Waals surface area contributed by atoms with Crippen LogP contribution in [0.4, 0.5) is 5.13 Å². The molecule has 0 bridgehead atoms. The number of carbonyl (C=O) groups is 1. The number of anilines is 1. The Hall–Kier alpha value is 3.58. The van der Waals surface area contributed by atoms with Crippen molar-refractivity contribution in [3.8, 4) is 0 Å². The fourth-order valence-electron chi connectivity index (χ4n) is 2.40. The molecule has 2 aliphatic rings. The van der Waals surface area contributed by atoms with E-state index in [-0.39, 0.29) is 16.1 Å². The van der Waals surface area contributed by atoms with Gasteiger partial charge >= 0.3 is 110 Å². The molecule has 2 aliphatic carbocycles. The van der Waals surface area contributed by atoms with E-state index in [2.05, 4.69) is 130 Å². The Kier molecular flexibility index (Phi) is 44.8. The third-order valence-corrected chi connectivity index (χ3v) is 7.92. The Balaban J connectivity index is -0.000000210. The van der Waals surface area contributed by atoms with Gasteiger partial charge in [0.2, 0.25) is 0 Å². The van der Waals surface area contributed by atoms with E-state index in [1.807, 2.05) is 32.2 Å². The van der Waals surface area contributed by atoms with Crippen molar-refractivity contribution < 1.29 is 28.1 Å². The van der Waals surface area contributed by atoms with Gasteiger partial charge in [-0.1, -0.05) is 68.9 Å². The first-order valence-corrected chi connectivity index (χ1v) is 33.0. The monoisotopic (exact) mass is 1170 g/mol. The van der Waals surface area contributed by atoms with E-state index in [1.54, 1.807) is 0 Å². The van der Waals surface area contributed by atoms with Crippen LogP contribution in [0.25, 0.3) is 0 Å². The summed E-state index contributed by atoms with van der Waals surface area (Å²) >= 11 is 22.4. The number of carbonyl (C=O) groups excluding carboxylic acids is 1. The predicted octanol–water partition coefficient (Wildman–Crippen LogP) is 9.82. The number of nitrogens with two attached hydrogens (primary N) is 1. The van der Waals surface area contributed by atoms with E-state index in [9.17, 15) is 9.00 Å². The van der Waals surface area contributed by atoms with Gasteiger partial charge in [-0.2, -0.15) is 6.42 Å². The van der Waals surface area contributed by atoms with Gasteiger partial charge in [-0.15, -0.1) is 22.9 Å². The Bertz CT molecular complexity index is 882. The summed E-state index contributed by atoms with van der Waals surface area (Å²) in [6.45, 7) is 11.8. The zero-order valence-corrected chi connectivity index (χ0v) is 39.7. The van der Waals surface area contributed by atoms with Crippen LogP contribution in [0.3, 0.4) is 0 Å². The van der Waals surface area contributed by atoms with Crippen molar-refractivity contribution in [2.24, 2.45) is 5.73 Å². The number of aryl methyl sites for hydroxylation is 2. The molecule has 42 heavy (non-hydrogen) atoms. The number of ketones is 1. The summed E-state index contributed by atoms with van der Waals surface area (Å²) in [6.07, 6.45) is 12.0. The van der Waals surface area contributed by atoms with Crippen molar-refractivity contribution in [1.29, 1.82) is 0 Å². The van der Waals surface area contributed by atoms with Crippen LogP contribution < -0.4 is 11.1 Å². The van der Waals surface area contributed by atoms with Crippen LogP contribution in [0.5, 0.6) is 0 Å². The minimum atomic E-state index is -3.33. The molecule has 1 aromatic rings. The first-order valence-electron chi connectivity index (χ1n) is 13.2. The summed E-state index contributed by atoms with van der Waals surface area (Å²) < 4.78 is 21.4. The Morgan fingerprint density at radius 1 is 1.29 bits per heavy atom. The number of nitrogens with zero attached hydrogens (tertiary/aromatic N) is 1. The molecule has 1 saturated carbocycles.